The Balaban J connectivity index is 2.45. The largest absolute Gasteiger partial charge is 0.481 e. The lowest BCUT2D eigenvalue weighted by molar-refractivity contribution is -0.144. The number of hydrogen-bond donors (Lipinski definition) is 2. The summed E-state index contributed by atoms with van der Waals surface area (Å²) < 4.78 is 0. The van der Waals surface area contributed by atoms with E-state index in [9.17, 15) is 9.90 Å². The molecule has 19 heavy (non-hydrogen) atoms. The van der Waals surface area contributed by atoms with Crippen molar-refractivity contribution in [3.8, 4) is 0 Å². The van der Waals surface area contributed by atoms with E-state index >= 15 is 0 Å². The van der Waals surface area contributed by atoms with E-state index in [1.54, 1.807) is 6.20 Å². The highest BCUT2D eigenvalue weighted by atomic mass is 16.4. The first kappa shape index (κ1) is 13.8. The van der Waals surface area contributed by atoms with Gasteiger partial charge in [-0.05, 0) is 43.2 Å². The normalized spacial score (nSPS) is 26.1. The highest BCUT2D eigenvalue weighted by Crippen LogP contribution is 2.48. The first-order chi connectivity index (χ1) is 8.82. The molecule has 2 atom stereocenters. The molecule has 0 aromatic carbocycles. The summed E-state index contributed by atoms with van der Waals surface area (Å²) in [4.78, 5) is 15.7. The smallest absolute Gasteiger partial charge is 0.307 e. The summed E-state index contributed by atoms with van der Waals surface area (Å²) in [5, 5.41) is 9.46. The lowest BCUT2D eigenvalue weighted by Crippen LogP contribution is -2.33. The molecule has 4 nitrogen and oxygen atoms in total. The first-order valence-electron chi connectivity index (χ1n) is 6.75. The number of carbonyl (C=O) groups is 1. The molecule has 1 heterocycles. The number of aromatic nitrogens is 1. The van der Waals surface area contributed by atoms with Crippen molar-refractivity contribution < 1.29 is 9.90 Å². The molecule has 2 rings (SSSR count). The van der Waals surface area contributed by atoms with Crippen molar-refractivity contribution in [3.63, 3.8) is 0 Å². The minimum Gasteiger partial charge on any atom is -0.481 e. The SMILES string of the molecule is Cc1ccnc(N)c1C1CC(C)(C)CCC1C(=O)O. The lowest BCUT2D eigenvalue weighted by Gasteiger charge is -2.40. The third-order valence-electron chi connectivity index (χ3n) is 4.32. The summed E-state index contributed by atoms with van der Waals surface area (Å²) in [5.74, 6) is -0.620. The number of carboxylic acids is 1. The van der Waals surface area contributed by atoms with E-state index in [1.165, 1.54) is 0 Å². The maximum atomic E-state index is 11.5. The standard InChI is InChI=1S/C15H22N2O2/c1-9-5-7-17-13(16)12(9)11-8-15(2,3)6-4-10(11)14(18)19/h5,7,10-11H,4,6,8H2,1-3H3,(H2,16,17)(H,18,19). The number of nitrogens with two attached hydrogens (primary N) is 1. The summed E-state index contributed by atoms with van der Waals surface area (Å²) in [6.07, 6.45) is 4.18. The second-order valence-corrected chi connectivity index (χ2v) is 6.39. The molecule has 1 fully saturated rings. The van der Waals surface area contributed by atoms with Gasteiger partial charge in [-0.15, -0.1) is 0 Å². The van der Waals surface area contributed by atoms with E-state index < -0.39 is 5.97 Å². The Morgan fingerprint density at radius 1 is 1.53 bits per heavy atom. The first-order valence-corrected chi connectivity index (χ1v) is 6.75. The van der Waals surface area contributed by atoms with E-state index in [1.807, 2.05) is 13.0 Å². The number of anilines is 1. The van der Waals surface area contributed by atoms with Crippen molar-refractivity contribution in [2.24, 2.45) is 11.3 Å². The van der Waals surface area contributed by atoms with Gasteiger partial charge in [0.1, 0.15) is 5.82 Å². The van der Waals surface area contributed by atoms with Gasteiger partial charge in [-0.2, -0.15) is 0 Å². The molecule has 1 aliphatic rings. The number of aryl methyl sites for hydroxylation is 1. The van der Waals surface area contributed by atoms with Crippen molar-refractivity contribution in [2.45, 2.75) is 46.0 Å². The van der Waals surface area contributed by atoms with Gasteiger partial charge in [0.2, 0.25) is 0 Å². The van der Waals surface area contributed by atoms with Crippen LogP contribution in [-0.2, 0) is 4.79 Å². The van der Waals surface area contributed by atoms with E-state index in [2.05, 4.69) is 18.8 Å². The average Bonchev–Trinajstić information content (AvgIpc) is 2.27. The van der Waals surface area contributed by atoms with Gasteiger partial charge in [-0.1, -0.05) is 13.8 Å². The number of nitrogen functional groups attached to an aromatic ring is 1. The predicted octanol–water partition coefficient (Wildman–Crippen LogP) is 2.97. The molecule has 3 N–H and O–H groups in total. The second kappa shape index (κ2) is 4.83. The Hall–Kier alpha value is -1.58. The van der Waals surface area contributed by atoms with Crippen LogP contribution in [0.5, 0.6) is 0 Å². The summed E-state index contributed by atoms with van der Waals surface area (Å²) in [7, 11) is 0. The number of rotatable bonds is 2. The Kier molecular flexibility index (Phi) is 3.52. The number of nitrogens with zero attached hydrogens (tertiary/aromatic N) is 1. The van der Waals surface area contributed by atoms with E-state index in [-0.39, 0.29) is 17.3 Å². The van der Waals surface area contributed by atoms with Crippen LogP contribution in [0.15, 0.2) is 12.3 Å². The molecule has 0 amide bonds. The highest BCUT2D eigenvalue weighted by Gasteiger charge is 2.40. The van der Waals surface area contributed by atoms with Crippen LogP contribution >= 0.6 is 0 Å². The quantitative estimate of drug-likeness (QED) is 0.859. The van der Waals surface area contributed by atoms with Gasteiger partial charge < -0.3 is 10.8 Å². The van der Waals surface area contributed by atoms with Crippen molar-refractivity contribution in [3.05, 3.63) is 23.4 Å². The van der Waals surface area contributed by atoms with Crippen molar-refractivity contribution >= 4 is 11.8 Å². The van der Waals surface area contributed by atoms with Crippen LogP contribution in [0.3, 0.4) is 0 Å². The summed E-state index contributed by atoms with van der Waals surface area (Å²) >= 11 is 0. The van der Waals surface area contributed by atoms with Gasteiger partial charge in [0.15, 0.2) is 0 Å². The van der Waals surface area contributed by atoms with Crippen molar-refractivity contribution in [1.29, 1.82) is 0 Å². The Morgan fingerprint density at radius 3 is 2.79 bits per heavy atom. The van der Waals surface area contributed by atoms with Crippen LogP contribution in [0.1, 0.15) is 50.2 Å². The molecule has 0 bridgehead atoms. The summed E-state index contributed by atoms with van der Waals surface area (Å²) in [5.41, 5.74) is 8.13. The van der Waals surface area contributed by atoms with Gasteiger partial charge in [0.05, 0.1) is 5.92 Å². The van der Waals surface area contributed by atoms with E-state index in [0.29, 0.717) is 12.2 Å². The third kappa shape index (κ3) is 2.72. The van der Waals surface area contributed by atoms with Gasteiger partial charge in [-0.25, -0.2) is 4.98 Å². The molecule has 0 radical (unpaired) electrons. The summed E-state index contributed by atoms with van der Waals surface area (Å²) in [6.45, 7) is 6.37. The third-order valence-corrected chi connectivity index (χ3v) is 4.32. The second-order valence-electron chi connectivity index (χ2n) is 6.39. The van der Waals surface area contributed by atoms with Crippen LogP contribution in [0.4, 0.5) is 5.82 Å². The highest BCUT2D eigenvalue weighted by molar-refractivity contribution is 5.72. The van der Waals surface area contributed by atoms with Gasteiger partial charge in [0, 0.05) is 17.7 Å². The lowest BCUT2D eigenvalue weighted by atomic mass is 9.64. The molecule has 0 saturated heterocycles. The number of carboxylic acid groups (broad SMARTS) is 1. The maximum Gasteiger partial charge on any atom is 0.307 e. The zero-order valence-corrected chi connectivity index (χ0v) is 11.8. The van der Waals surface area contributed by atoms with Crippen LogP contribution in [0.2, 0.25) is 0 Å². The molecule has 104 valence electrons. The Labute approximate surface area is 114 Å². The predicted molar refractivity (Wildman–Crippen MR) is 74.9 cm³/mol. The number of pyridine rings is 1. The van der Waals surface area contributed by atoms with Crippen LogP contribution in [0, 0.1) is 18.3 Å². The molecule has 1 aliphatic carbocycles. The topological polar surface area (TPSA) is 76.2 Å². The fourth-order valence-corrected chi connectivity index (χ4v) is 3.26. The molecule has 1 aromatic heterocycles. The maximum absolute atomic E-state index is 11.5. The molecule has 1 saturated carbocycles. The molecule has 4 heteroatoms. The molecule has 0 aliphatic heterocycles. The van der Waals surface area contributed by atoms with Crippen molar-refractivity contribution in [1.82, 2.24) is 4.98 Å². The van der Waals surface area contributed by atoms with Crippen LogP contribution < -0.4 is 5.73 Å². The molecule has 1 aromatic rings. The molecular weight excluding hydrogens is 240 g/mol. The zero-order valence-electron chi connectivity index (χ0n) is 11.8. The van der Waals surface area contributed by atoms with E-state index in [4.69, 9.17) is 5.73 Å². The van der Waals surface area contributed by atoms with Crippen LogP contribution in [0.25, 0.3) is 0 Å². The Bertz CT molecular complexity index is 477. The minimum atomic E-state index is -0.719. The van der Waals surface area contributed by atoms with Crippen LogP contribution in [-0.4, -0.2) is 16.1 Å². The molecule has 2 unspecified atom stereocenters. The number of aliphatic carboxylic acids is 1. The zero-order chi connectivity index (χ0) is 14.2. The molecule has 0 spiro atoms. The average molecular weight is 262 g/mol. The fraction of sp³-hybridized carbons (Fsp3) is 0.600. The number of hydrogen-bond acceptors (Lipinski definition) is 3. The Morgan fingerprint density at radius 2 is 2.21 bits per heavy atom. The monoisotopic (exact) mass is 262 g/mol. The van der Waals surface area contributed by atoms with Crippen molar-refractivity contribution in [2.75, 3.05) is 5.73 Å². The fourth-order valence-electron chi connectivity index (χ4n) is 3.26. The van der Waals surface area contributed by atoms with Gasteiger partial charge in [0.25, 0.3) is 0 Å². The summed E-state index contributed by atoms with van der Waals surface area (Å²) in [6, 6.07) is 1.91. The van der Waals surface area contributed by atoms with Gasteiger partial charge in [-0.3, -0.25) is 4.79 Å². The molecular formula is C15H22N2O2. The van der Waals surface area contributed by atoms with E-state index in [0.717, 1.165) is 24.0 Å². The van der Waals surface area contributed by atoms with Gasteiger partial charge >= 0.3 is 5.97 Å². The minimum absolute atomic E-state index is 0.0325.